The maximum atomic E-state index is 11.2. The predicted octanol–water partition coefficient (Wildman–Crippen LogP) is -2.48. The summed E-state index contributed by atoms with van der Waals surface area (Å²) in [5.41, 5.74) is 1.37. The molecule has 3 rings (SSSR count). The molecule has 0 radical (unpaired) electrons. The van der Waals surface area contributed by atoms with E-state index >= 15 is 0 Å². The van der Waals surface area contributed by atoms with Gasteiger partial charge in [-0.1, -0.05) is 10.2 Å². The summed E-state index contributed by atoms with van der Waals surface area (Å²) in [6.45, 7) is 0. The third-order valence-electron chi connectivity index (χ3n) is 2.52. The van der Waals surface area contributed by atoms with Crippen molar-refractivity contribution in [1.29, 1.82) is 0 Å². The fraction of sp³-hybridized carbons (Fsp3) is 0.0909. The number of aromatic amines is 1. The number of pyridine rings is 1. The molecule has 0 atom stereocenters. The SMILES string of the molecule is COc1nnn(-c2ccc3[nH]c(=O)ccc3c2)n1.[Na+]. The maximum Gasteiger partial charge on any atom is 1.00 e. The number of H-pyrrole nitrogens is 1. The third-order valence-corrected chi connectivity index (χ3v) is 2.52. The number of rotatable bonds is 2. The van der Waals surface area contributed by atoms with E-state index in [1.54, 1.807) is 18.2 Å². The van der Waals surface area contributed by atoms with Crippen molar-refractivity contribution in [2.75, 3.05) is 7.11 Å². The summed E-state index contributed by atoms with van der Waals surface area (Å²) in [5, 5.41) is 12.5. The molecule has 3 aromatic rings. The molecule has 2 aromatic heterocycles. The van der Waals surface area contributed by atoms with Crippen molar-refractivity contribution < 1.29 is 34.3 Å². The molecule has 0 aliphatic rings. The Morgan fingerprint density at radius 1 is 1.26 bits per heavy atom. The summed E-state index contributed by atoms with van der Waals surface area (Å²) in [5.74, 6) is 0. The number of aromatic nitrogens is 5. The molecule has 0 spiro atoms. The number of nitrogens with one attached hydrogen (secondary N) is 1. The minimum absolute atomic E-state index is 0. The van der Waals surface area contributed by atoms with E-state index in [1.807, 2.05) is 6.07 Å². The van der Waals surface area contributed by atoms with Gasteiger partial charge in [0.25, 0.3) is 0 Å². The van der Waals surface area contributed by atoms with E-state index in [2.05, 4.69) is 20.4 Å². The van der Waals surface area contributed by atoms with E-state index in [0.29, 0.717) is 0 Å². The molecule has 0 aliphatic carbocycles. The molecular formula is C11H9N5NaO2+. The largest absolute Gasteiger partial charge is 1.00 e. The topological polar surface area (TPSA) is 85.7 Å². The number of nitrogens with zero attached hydrogens (tertiary/aromatic N) is 4. The van der Waals surface area contributed by atoms with Crippen LogP contribution in [0.5, 0.6) is 6.01 Å². The molecule has 8 heteroatoms. The Labute approximate surface area is 129 Å². The van der Waals surface area contributed by atoms with Gasteiger partial charge in [-0.2, -0.15) is 0 Å². The molecule has 1 aromatic carbocycles. The average Bonchev–Trinajstić information content (AvgIpc) is 2.87. The molecule has 0 saturated carbocycles. The van der Waals surface area contributed by atoms with Crippen molar-refractivity contribution >= 4 is 10.9 Å². The Bertz CT molecular complexity index is 767. The van der Waals surface area contributed by atoms with Gasteiger partial charge in [-0.3, -0.25) is 4.79 Å². The van der Waals surface area contributed by atoms with E-state index in [1.165, 1.54) is 18.0 Å². The normalized spacial score (nSPS) is 10.2. The molecule has 90 valence electrons. The first-order chi connectivity index (χ1) is 8.76. The van der Waals surface area contributed by atoms with E-state index in [9.17, 15) is 4.79 Å². The molecule has 1 N–H and O–H groups in total. The van der Waals surface area contributed by atoms with Gasteiger partial charge in [0.05, 0.1) is 12.8 Å². The molecule has 0 amide bonds. The Morgan fingerprint density at radius 3 is 2.84 bits per heavy atom. The van der Waals surface area contributed by atoms with Crippen LogP contribution in [-0.2, 0) is 0 Å². The first-order valence-electron chi connectivity index (χ1n) is 5.24. The zero-order valence-corrected chi connectivity index (χ0v) is 12.5. The summed E-state index contributed by atoms with van der Waals surface area (Å²) < 4.78 is 4.87. The molecule has 0 fully saturated rings. The van der Waals surface area contributed by atoms with Gasteiger partial charge in [0.1, 0.15) is 0 Å². The van der Waals surface area contributed by atoms with E-state index < -0.39 is 0 Å². The number of hydrogen-bond donors (Lipinski definition) is 1. The summed E-state index contributed by atoms with van der Waals surface area (Å²) in [7, 11) is 1.48. The molecule has 0 saturated heterocycles. The van der Waals surface area contributed by atoms with Crippen LogP contribution < -0.4 is 39.9 Å². The Kier molecular flexibility index (Phi) is 3.98. The molecule has 19 heavy (non-hydrogen) atoms. The fourth-order valence-electron chi connectivity index (χ4n) is 1.66. The van der Waals surface area contributed by atoms with Gasteiger partial charge in [0.15, 0.2) is 0 Å². The van der Waals surface area contributed by atoms with Crippen molar-refractivity contribution in [3.8, 4) is 11.7 Å². The van der Waals surface area contributed by atoms with E-state index in [0.717, 1.165) is 16.6 Å². The summed E-state index contributed by atoms with van der Waals surface area (Å²) in [4.78, 5) is 15.3. The minimum atomic E-state index is -0.129. The van der Waals surface area contributed by atoms with Gasteiger partial charge in [-0.05, 0) is 29.5 Å². The second-order valence-electron chi connectivity index (χ2n) is 3.66. The molecule has 0 aliphatic heterocycles. The molecule has 0 unspecified atom stereocenters. The number of tetrazole rings is 1. The quantitative estimate of drug-likeness (QED) is 0.519. The zero-order valence-electron chi connectivity index (χ0n) is 10.5. The Morgan fingerprint density at radius 2 is 2.11 bits per heavy atom. The standard InChI is InChI=1S/C11H9N5O2.Na/c1-18-11-13-15-16(14-11)8-3-4-9-7(6-8)2-5-10(17)12-9;/h2-6H,1H3,(H,12,17);/q;+1. The van der Waals surface area contributed by atoms with Gasteiger partial charge in [-0.15, -0.1) is 4.80 Å². The van der Waals surface area contributed by atoms with Crippen LogP contribution in [0.15, 0.2) is 35.1 Å². The molecule has 7 nitrogen and oxygen atoms in total. The van der Waals surface area contributed by atoms with E-state index in [-0.39, 0.29) is 41.1 Å². The number of benzene rings is 1. The second-order valence-corrected chi connectivity index (χ2v) is 3.66. The average molecular weight is 266 g/mol. The fourth-order valence-corrected chi connectivity index (χ4v) is 1.66. The van der Waals surface area contributed by atoms with Crippen molar-refractivity contribution in [2.24, 2.45) is 0 Å². The van der Waals surface area contributed by atoms with Crippen LogP contribution in [0.4, 0.5) is 0 Å². The second kappa shape index (κ2) is 5.52. The summed E-state index contributed by atoms with van der Waals surface area (Å²) in [6, 6.07) is 8.86. The van der Waals surface area contributed by atoms with Gasteiger partial charge >= 0.3 is 35.6 Å². The van der Waals surface area contributed by atoms with Crippen LogP contribution >= 0.6 is 0 Å². The smallest absolute Gasteiger partial charge is 0.465 e. The first kappa shape index (κ1) is 13.7. The van der Waals surface area contributed by atoms with Crippen molar-refractivity contribution in [2.45, 2.75) is 0 Å². The van der Waals surface area contributed by atoms with Gasteiger partial charge < -0.3 is 9.72 Å². The number of ether oxygens (including phenoxy) is 1. The third kappa shape index (κ3) is 2.67. The Hall–Kier alpha value is -1.70. The zero-order chi connectivity index (χ0) is 12.5. The van der Waals surface area contributed by atoms with Gasteiger partial charge in [0, 0.05) is 17.0 Å². The van der Waals surface area contributed by atoms with Crippen molar-refractivity contribution in [3.63, 3.8) is 0 Å². The van der Waals surface area contributed by atoms with Gasteiger partial charge in [0.2, 0.25) is 5.56 Å². The Balaban J connectivity index is 0.00000133. The van der Waals surface area contributed by atoms with Crippen LogP contribution in [0, 0.1) is 0 Å². The van der Waals surface area contributed by atoms with Crippen LogP contribution in [0.25, 0.3) is 16.6 Å². The van der Waals surface area contributed by atoms with Crippen molar-refractivity contribution in [3.05, 3.63) is 40.7 Å². The van der Waals surface area contributed by atoms with Crippen LogP contribution in [0.3, 0.4) is 0 Å². The van der Waals surface area contributed by atoms with Crippen LogP contribution in [-0.4, -0.2) is 32.3 Å². The first-order valence-corrected chi connectivity index (χ1v) is 5.24. The number of hydrogen-bond acceptors (Lipinski definition) is 5. The molecular weight excluding hydrogens is 257 g/mol. The van der Waals surface area contributed by atoms with Crippen LogP contribution in [0.2, 0.25) is 0 Å². The summed E-state index contributed by atoms with van der Waals surface area (Å²) in [6.07, 6.45) is 0. The molecule has 0 bridgehead atoms. The summed E-state index contributed by atoms with van der Waals surface area (Å²) >= 11 is 0. The number of methoxy groups -OCH3 is 1. The monoisotopic (exact) mass is 266 g/mol. The van der Waals surface area contributed by atoms with Crippen molar-refractivity contribution in [1.82, 2.24) is 25.2 Å². The molecule has 2 heterocycles. The predicted molar refractivity (Wildman–Crippen MR) is 63.8 cm³/mol. The van der Waals surface area contributed by atoms with E-state index in [4.69, 9.17) is 4.74 Å². The van der Waals surface area contributed by atoms with Gasteiger partial charge in [-0.25, -0.2) is 0 Å². The van der Waals surface area contributed by atoms with Crippen LogP contribution in [0.1, 0.15) is 0 Å². The number of fused-ring (bicyclic) bond motifs is 1. The maximum absolute atomic E-state index is 11.2. The minimum Gasteiger partial charge on any atom is -0.465 e.